The van der Waals surface area contributed by atoms with Crippen molar-refractivity contribution in [3.8, 4) is 5.75 Å². The monoisotopic (exact) mass is 198 g/mol. The zero-order chi connectivity index (χ0) is 9.90. The number of hydrogen-bond acceptors (Lipinski definition) is 2. The molecule has 72 valence electrons. The largest absolute Gasteiger partial charge is 0.443 e. The molecule has 1 aromatic rings. The molecular weight excluding hydrogens is 183 g/mol. The molecule has 0 saturated carbocycles. The maximum Gasteiger partial charge on any atom is 0.244 e. The van der Waals surface area contributed by atoms with Crippen LogP contribution in [0.5, 0.6) is 5.75 Å². The molecule has 0 heterocycles. The van der Waals surface area contributed by atoms with Crippen molar-refractivity contribution in [1.82, 2.24) is 0 Å². The third kappa shape index (κ3) is 2.89. The van der Waals surface area contributed by atoms with Crippen LogP contribution >= 0.6 is 7.37 Å². The Hall–Kier alpha value is -0.750. The van der Waals surface area contributed by atoms with Crippen LogP contribution in [0.15, 0.2) is 24.3 Å². The molecule has 3 heteroatoms. The lowest BCUT2D eigenvalue weighted by atomic mass is 10.2. The van der Waals surface area contributed by atoms with E-state index in [-0.39, 0.29) is 0 Å². The van der Waals surface area contributed by atoms with Crippen LogP contribution in [0, 0.1) is 6.92 Å². The van der Waals surface area contributed by atoms with Crippen LogP contribution in [0.25, 0.3) is 0 Å². The normalized spacial score (nSPS) is 15.0. The van der Waals surface area contributed by atoms with Crippen molar-refractivity contribution in [3.63, 3.8) is 0 Å². The molecule has 0 saturated heterocycles. The maximum atomic E-state index is 11.7. The molecule has 0 aliphatic carbocycles. The fraction of sp³-hybridized carbons (Fsp3) is 0.400. The molecule has 1 unspecified atom stereocenters. The Bertz CT molecular complexity index is 333. The molecule has 0 aliphatic rings. The average molecular weight is 198 g/mol. The second-order valence-electron chi connectivity index (χ2n) is 3.19. The molecule has 1 atom stereocenters. The van der Waals surface area contributed by atoms with Crippen LogP contribution in [-0.2, 0) is 4.57 Å². The fourth-order valence-corrected chi connectivity index (χ4v) is 1.68. The minimum absolute atomic E-state index is 0.571. The Kier molecular flexibility index (Phi) is 3.16. The molecule has 0 bridgehead atoms. The predicted octanol–water partition coefficient (Wildman–Crippen LogP) is 3.30. The van der Waals surface area contributed by atoms with E-state index in [0.717, 1.165) is 11.3 Å². The summed E-state index contributed by atoms with van der Waals surface area (Å²) in [5.74, 6) is 0.732. The first-order chi connectivity index (χ1) is 6.05. The lowest BCUT2D eigenvalue weighted by Crippen LogP contribution is -1.94. The second-order valence-corrected chi connectivity index (χ2v) is 6.03. The van der Waals surface area contributed by atoms with Crippen molar-refractivity contribution in [2.24, 2.45) is 0 Å². The Morgan fingerprint density at radius 1 is 1.38 bits per heavy atom. The molecule has 0 aliphatic heterocycles. The SMILES string of the molecule is CCP(C)(=O)Oc1ccccc1C. The Labute approximate surface area is 79.4 Å². The highest BCUT2D eigenvalue weighted by molar-refractivity contribution is 7.58. The zero-order valence-corrected chi connectivity index (χ0v) is 9.17. The summed E-state index contributed by atoms with van der Waals surface area (Å²) in [6, 6.07) is 7.62. The molecule has 1 rings (SSSR count). The first-order valence-electron chi connectivity index (χ1n) is 4.37. The lowest BCUT2D eigenvalue weighted by molar-refractivity contribution is 0.487. The molecule has 0 N–H and O–H groups in total. The highest BCUT2D eigenvalue weighted by Gasteiger charge is 2.14. The number of aryl methyl sites for hydroxylation is 1. The van der Waals surface area contributed by atoms with E-state index in [1.807, 2.05) is 38.1 Å². The molecule has 0 radical (unpaired) electrons. The summed E-state index contributed by atoms with van der Waals surface area (Å²) >= 11 is 0. The molecule has 0 aromatic heterocycles. The highest BCUT2D eigenvalue weighted by Crippen LogP contribution is 2.43. The topological polar surface area (TPSA) is 26.3 Å². The van der Waals surface area contributed by atoms with Gasteiger partial charge in [-0.05, 0) is 18.6 Å². The fourth-order valence-electron chi connectivity index (χ4n) is 0.931. The first kappa shape index (κ1) is 10.3. The van der Waals surface area contributed by atoms with E-state index in [9.17, 15) is 4.57 Å². The van der Waals surface area contributed by atoms with E-state index in [1.165, 1.54) is 0 Å². The lowest BCUT2D eigenvalue weighted by Gasteiger charge is -2.14. The van der Waals surface area contributed by atoms with Crippen molar-refractivity contribution < 1.29 is 9.09 Å². The Morgan fingerprint density at radius 2 is 2.00 bits per heavy atom. The van der Waals surface area contributed by atoms with Crippen LogP contribution in [0.2, 0.25) is 0 Å². The summed E-state index contributed by atoms with van der Waals surface area (Å²) in [7, 11) is -2.42. The minimum Gasteiger partial charge on any atom is -0.443 e. The van der Waals surface area contributed by atoms with Crippen LogP contribution in [0.3, 0.4) is 0 Å². The molecule has 13 heavy (non-hydrogen) atoms. The molecule has 2 nitrogen and oxygen atoms in total. The van der Waals surface area contributed by atoms with E-state index in [0.29, 0.717) is 6.16 Å². The van der Waals surface area contributed by atoms with Gasteiger partial charge in [-0.3, -0.25) is 4.57 Å². The van der Waals surface area contributed by atoms with Gasteiger partial charge in [-0.25, -0.2) is 0 Å². The van der Waals surface area contributed by atoms with Gasteiger partial charge in [0.05, 0.1) is 0 Å². The summed E-state index contributed by atoms with van der Waals surface area (Å²) in [5, 5.41) is 0. The number of para-hydroxylation sites is 1. The first-order valence-corrected chi connectivity index (χ1v) is 6.62. The van der Waals surface area contributed by atoms with Gasteiger partial charge in [-0.15, -0.1) is 0 Å². The smallest absolute Gasteiger partial charge is 0.244 e. The zero-order valence-electron chi connectivity index (χ0n) is 8.28. The van der Waals surface area contributed by atoms with Gasteiger partial charge in [0, 0.05) is 12.8 Å². The number of rotatable bonds is 3. The third-order valence-corrected chi connectivity index (χ3v) is 3.69. The molecule has 0 spiro atoms. The van der Waals surface area contributed by atoms with E-state index in [2.05, 4.69) is 0 Å². The van der Waals surface area contributed by atoms with Gasteiger partial charge in [-0.1, -0.05) is 25.1 Å². The van der Waals surface area contributed by atoms with E-state index in [4.69, 9.17) is 4.52 Å². The third-order valence-electron chi connectivity index (χ3n) is 1.96. The van der Waals surface area contributed by atoms with Crippen molar-refractivity contribution in [3.05, 3.63) is 29.8 Å². The van der Waals surface area contributed by atoms with Crippen molar-refractivity contribution in [1.29, 1.82) is 0 Å². The predicted molar refractivity (Wildman–Crippen MR) is 55.9 cm³/mol. The van der Waals surface area contributed by atoms with Gasteiger partial charge < -0.3 is 4.52 Å². The van der Waals surface area contributed by atoms with E-state index in [1.54, 1.807) is 6.66 Å². The van der Waals surface area contributed by atoms with Gasteiger partial charge in [0.15, 0.2) is 0 Å². The van der Waals surface area contributed by atoms with Crippen LogP contribution < -0.4 is 4.52 Å². The summed E-state index contributed by atoms with van der Waals surface area (Å²) < 4.78 is 17.1. The highest BCUT2D eigenvalue weighted by atomic mass is 31.2. The van der Waals surface area contributed by atoms with Crippen LogP contribution in [-0.4, -0.2) is 12.8 Å². The van der Waals surface area contributed by atoms with Crippen molar-refractivity contribution in [2.75, 3.05) is 12.8 Å². The van der Waals surface area contributed by atoms with Gasteiger partial charge in [0.2, 0.25) is 7.37 Å². The van der Waals surface area contributed by atoms with Crippen molar-refractivity contribution >= 4 is 7.37 Å². The van der Waals surface area contributed by atoms with E-state index < -0.39 is 7.37 Å². The maximum absolute atomic E-state index is 11.7. The standard InChI is InChI=1S/C10H15O2P/c1-4-13(3,11)12-10-8-6-5-7-9(10)2/h5-8H,4H2,1-3H3. The van der Waals surface area contributed by atoms with Crippen molar-refractivity contribution in [2.45, 2.75) is 13.8 Å². The minimum atomic E-state index is -2.42. The van der Waals surface area contributed by atoms with Gasteiger partial charge in [0.1, 0.15) is 5.75 Å². The summed E-state index contributed by atoms with van der Waals surface area (Å²) in [6.07, 6.45) is 0.571. The van der Waals surface area contributed by atoms with Crippen LogP contribution in [0.4, 0.5) is 0 Å². The Balaban J connectivity index is 2.86. The van der Waals surface area contributed by atoms with Crippen LogP contribution in [0.1, 0.15) is 12.5 Å². The second kappa shape index (κ2) is 3.97. The summed E-state index contributed by atoms with van der Waals surface area (Å²) in [6.45, 7) is 5.49. The molecule has 1 aromatic carbocycles. The summed E-state index contributed by atoms with van der Waals surface area (Å²) in [5.41, 5.74) is 1.03. The number of hydrogen-bond donors (Lipinski definition) is 0. The molecule has 0 amide bonds. The number of benzene rings is 1. The van der Waals surface area contributed by atoms with Gasteiger partial charge in [0.25, 0.3) is 0 Å². The summed E-state index contributed by atoms with van der Waals surface area (Å²) in [4.78, 5) is 0. The Morgan fingerprint density at radius 3 is 2.54 bits per heavy atom. The molecular formula is C10H15O2P. The van der Waals surface area contributed by atoms with E-state index >= 15 is 0 Å². The molecule has 0 fully saturated rings. The van der Waals surface area contributed by atoms with Gasteiger partial charge in [-0.2, -0.15) is 0 Å². The quantitative estimate of drug-likeness (QED) is 0.696. The van der Waals surface area contributed by atoms with Gasteiger partial charge >= 0.3 is 0 Å². The average Bonchev–Trinajstić information content (AvgIpc) is 2.09.